The van der Waals surface area contributed by atoms with Gasteiger partial charge in [-0.25, -0.2) is 0 Å². The minimum Gasteiger partial charge on any atom is -0.381 e. The second-order valence-corrected chi connectivity index (χ2v) is 4.76. The normalized spacial score (nSPS) is 16.7. The van der Waals surface area contributed by atoms with Crippen LogP contribution >= 0.6 is 0 Å². The summed E-state index contributed by atoms with van der Waals surface area (Å²) in [7, 11) is 0. The van der Waals surface area contributed by atoms with Crippen LogP contribution in [0.25, 0.3) is 0 Å². The minimum absolute atomic E-state index is 0.235. The molecule has 1 aliphatic heterocycles. The second-order valence-electron chi connectivity index (χ2n) is 4.76. The van der Waals surface area contributed by atoms with Crippen LogP contribution in [-0.4, -0.2) is 32.3 Å². The third-order valence-electron chi connectivity index (χ3n) is 3.44. The lowest BCUT2D eigenvalue weighted by Crippen LogP contribution is -2.36. The molecular formula is C15H21N3O. The van der Waals surface area contributed by atoms with Crippen LogP contribution < -0.4 is 10.2 Å². The number of rotatable bonds is 5. The molecule has 2 rings (SSSR count). The van der Waals surface area contributed by atoms with Crippen molar-refractivity contribution in [2.75, 3.05) is 36.5 Å². The van der Waals surface area contributed by atoms with Crippen molar-refractivity contribution >= 4 is 11.4 Å². The number of hydrogen-bond acceptors (Lipinski definition) is 4. The number of hydrogen-bond donors (Lipinski definition) is 1. The fourth-order valence-corrected chi connectivity index (χ4v) is 2.23. The third-order valence-corrected chi connectivity index (χ3v) is 3.44. The molecule has 0 aromatic heterocycles. The van der Waals surface area contributed by atoms with Gasteiger partial charge in [0.05, 0.1) is 25.7 Å². The summed E-state index contributed by atoms with van der Waals surface area (Å²) in [6.07, 6.45) is 1.50. The molecule has 19 heavy (non-hydrogen) atoms. The molecule has 4 nitrogen and oxygen atoms in total. The van der Waals surface area contributed by atoms with E-state index in [-0.39, 0.29) is 6.04 Å². The summed E-state index contributed by atoms with van der Waals surface area (Å²) >= 11 is 0. The Balaban J connectivity index is 1.95. The Bertz CT molecular complexity index is 418. The lowest BCUT2D eigenvalue weighted by molar-refractivity contribution is 0.122. The zero-order chi connectivity index (χ0) is 13.5. The van der Waals surface area contributed by atoms with Gasteiger partial charge in [-0.1, -0.05) is 6.92 Å². The monoisotopic (exact) mass is 259 g/mol. The van der Waals surface area contributed by atoms with Crippen LogP contribution in [0.3, 0.4) is 0 Å². The van der Waals surface area contributed by atoms with E-state index in [1.165, 1.54) is 5.69 Å². The lowest BCUT2D eigenvalue weighted by Gasteiger charge is -2.29. The molecule has 0 radical (unpaired) electrons. The van der Waals surface area contributed by atoms with E-state index in [2.05, 4.69) is 47.5 Å². The van der Waals surface area contributed by atoms with Crippen molar-refractivity contribution in [1.29, 1.82) is 5.26 Å². The van der Waals surface area contributed by atoms with Crippen LogP contribution in [0.15, 0.2) is 24.3 Å². The third kappa shape index (κ3) is 3.87. The van der Waals surface area contributed by atoms with Crippen molar-refractivity contribution < 1.29 is 4.74 Å². The molecule has 0 amide bonds. The fourth-order valence-electron chi connectivity index (χ4n) is 2.23. The van der Waals surface area contributed by atoms with Gasteiger partial charge in [0.1, 0.15) is 0 Å². The molecule has 1 aromatic carbocycles. The van der Waals surface area contributed by atoms with Gasteiger partial charge in [-0.15, -0.1) is 0 Å². The first-order valence-electron chi connectivity index (χ1n) is 6.89. The van der Waals surface area contributed by atoms with Gasteiger partial charge < -0.3 is 15.0 Å². The van der Waals surface area contributed by atoms with Crippen LogP contribution in [0.2, 0.25) is 0 Å². The van der Waals surface area contributed by atoms with Gasteiger partial charge in [-0.05, 0) is 30.7 Å². The summed E-state index contributed by atoms with van der Waals surface area (Å²) in [5.41, 5.74) is 2.32. The fraction of sp³-hybridized carbons (Fsp3) is 0.533. The molecular weight excluding hydrogens is 238 g/mol. The molecule has 0 spiro atoms. The molecule has 1 saturated heterocycles. The molecule has 0 aliphatic carbocycles. The largest absolute Gasteiger partial charge is 0.381 e. The van der Waals surface area contributed by atoms with Crippen molar-refractivity contribution in [3.63, 3.8) is 0 Å². The number of nitrogens with zero attached hydrogens (tertiary/aromatic N) is 2. The molecule has 1 unspecified atom stereocenters. The Kier molecular flexibility index (Phi) is 5.05. The Labute approximate surface area is 115 Å². The summed E-state index contributed by atoms with van der Waals surface area (Å²) in [4.78, 5) is 2.33. The summed E-state index contributed by atoms with van der Waals surface area (Å²) in [5.74, 6) is 0. The number of morpholine rings is 1. The highest BCUT2D eigenvalue weighted by molar-refractivity contribution is 5.55. The van der Waals surface area contributed by atoms with E-state index in [0.29, 0.717) is 6.42 Å². The molecule has 1 N–H and O–H groups in total. The number of nitrogens with one attached hydrogen (secondary N) is 1. The first kappa shape index (κ1) is 13.7. The maximum Gasteiger partial charge on any atom is 0.0643 e. The van der Waals surface area contributed by atoms with Gasteiger partial charge >= 0.3 is 0 Å². The molecule has 1 heterocycles. The Morgan fingerprint density at radius 1 is 1.32 bits per heavy atom. The van der Waals surface area contributed by atoms with Gasteiger partial charge in [0, 0.05) is 30.5 Å². The standard InChI is InChI=1S/C15H21N3O/c1-2-13(7-8-16)17-14-3-5-15(6-4-14)18-9-11-19-12-10-18/h3-6,13,17H,2,7,9-12H2,1H3. The van der Waals surface area contributed by atoms with Crippen LogP contribution in [0.4, 0.5) is 11.4 Å². The molecule has 102 valence electrons. The highest BCUT2D eigenvalue weighted by Gasteiger charge is 2.11. The molecule has 1 fully saturated rings. The number of anilines is 2. The van der Waals surface area contributed by atoms with Crippen LogP contribution in [-0.2, 0) is 4.74 Å². The Morgan fingerprint density at radius 2 is 2.00 bits per heavy atom. The summed E-state index contributed by atoms with van der Waals surface area (Å²) in [6, 6.07) is 10.9. The average Bonchev–Trinajstić information content (AvgIpc) is 2.48. The second kappa shape index (κ2) is 7.01. The van der Waals surface area contributed by atoms with Crippen molar-refractivity contribution in [3.8, 4) is 6.07 Å². The molecule has 0 saturated carbocycles. The predicted molar refractivity (Wildman–Crippen MR) is 77.4 cm³/mol. The molecule has 4 heteroatoms. The smallest absolute Gasteiger partial charge is 0.0643 e. The molecule has 1 atom stereocenters. The first-order valence-corrected chi connectivity index (χ1v) is 6.89. The first-order chi connectivity index (χ1) is 9.33. The summed E-state index contributed by atoms with van der Waals surface area (Å²) < 4.78 is 5.35. The van der Waals surface area contributed by atoms with Gasteiger partial charge in [0.15, 0.2) is 0 Å². The Hall–Kier alpha value is -1.73. The van der Waals surface area contributed by atoms with Gasteiger partial charge in [0.25, 0.3) is 0 Å². The SMILES string of the molecule is CCC(CC#N)Nc1ccc(N2CCOCC2)cc1. The quantitative estimate of drug-likeness (QED) is 0.883. The minimum atomic E-state index is 0.235. The zero-order valence-electron chi connectivity index (χ0n) is 11.4. The summed E-state index contributed by atoms with van der Waals surface area (Å²) in [5, 5.41) is 12.1. The number of nitriles is 1. The number of benzene rings is 1. The predicted octanol–water partition coefficient (Wildman–Crippen LogP) is 2.63. The van der Waals surface area contributed by atoms with E-state index in [1.54, 1.807) is 0 Å². The van der Waals surface area contributed by atoms with Crippen LogP contribution in [0.1, 0.15) is 19.8 Å². The van der Waals surface area contributed by atoms with E-state index in [9.17, 15) is 0 Å². The molecule has 1 aromatic rings. The highest BCUT2D eigenvalue weighted by atomic mass is 16.5. The van der Waals surface area contributed by atoms with E-state index in [0.717, 1.165) is 38.4 Å². The maximum absolute atomic E-state index is 8.75. The van der Waals surface area contributed by atoms with Crippen molar-refractivity contribution in [3.05, 3.63) is 24.3 Å². The summed E-state index contributed by atoms with van der Waals surface area (Å²) in [6.45, 7) is 5.62. The van der Waals surface area contributed by atoms with Crippen molar-refractivity contribution in [2.45, 2.75) is 25.8 Å². The van der Waals surface area contributed by atoms with Crippen LogP contribution in [0.5, 0.6) is 0 Å². The highest BCUT2D eigenvalue weighted by Crippen LogP contribution is 2.20. The van der Waals surface area contributed by atoms with Crippen molar-refractivity contribution in [2.24, 2.45) is 0 Å². The van der Waals surface area contributed by atoms with Gasteiger partial charge in [-0.3, -0.25) is 0 Å². The van der Waals surface area contributed by atoms with E-state index in [1.807, 2.05) is 0 Å². The molecule has 0 bridgehead atoms. The lowest BCUT2D eigenvalue weighted by atomic mass is 10.1. The zero-order valence-corrected chi connectivity index (χ0v) is 11.4. The van der Waals surface area contributed by atoms with E-state index in [4.69, 9.17) is 10.00 Å². The van der Waals surface area contributed by atoms with Crippen molar-refractivity contribution in [1.82, 2.24) is 0 Å². The van der Waals surface area contributed by atoms with E-state index < -0.39 is 0 Å². The maximum atomic E-state index is 8.75. The van der Waals surface area contributed by atoms with Gasteiger partial charge in [0.2, 0.25) is 0 Å². The Morgan fingerprint density at radius 3 is 2.58 bits per heavy atom. The van der Waals surface area contributed by atoms with E-state index >= 15 is 0 Å². The average molecular weight is 259 g/mol. The molecule has 1 aliphatic rings. The van der Waals surface area contributed by atoms with Gasteiger partial charge in [-0.2, -0.15) is 5.26 Å². The topological polar surface area (TPSA) is 48.3 Å². The van der Waals surface area contributed by atoms with Crippen LogP contribution in [0, 0.1) is 11.3 Å². The number of ether oxygens (including phenoxy) is 1.